The lowest BCUT2D eigenvalue weighted by Gasteiger charge is -2.38. The molecule has 1 N–H and O–H groups in total. The molecular formula is C20H20FN5O2. The minimum atomic E-state index is -0.344. The van der Waals surface area contributed by atoms with Crippen LogP contribution in [0.1, 0.15) is 28.8 Å². The van der Waals surface area contributed by atoms with Gasteiger partial charge < -0.3 is 10.1 Å². The highest BCUT2D eigenvalue weighted by Gasteiger charge is 2.35. The van der Waals surface area contributed by atoms with Gasteiger partial charge in [0, 0.05) is 30.7 Å². The summed E-state index contributed by atoms with van der Waals surface area (Å²) >= 11 is 0. The van der Waals surface area contributed by atoms with Crippen LogP contribution in [-0.2, 0) is 10.2 Å². The third-order valence-corrected chi connectivity index (χ3v) is 5.20. The number of carbonyl (C=O) groups is 1. The number of hydrogen-bond acceptors (Lipinski definition) is 5. The zero-order chi connectivity index (χ0) is 19.4. The number of ether oxygens (including phenoxy) is 1. The van der Waals surface area contributed by atoms with Gasteiger partial charge in [-0.1, -0.05) is 18.2 Å². The highest BCUT2D eigenvalue weighted by Crippen LogP contribution is 2.34. The second-order valence-corrected chi connectivity index (χ2v) is 6.89. The van der Waals surface area contributed by atoms with Crippen molar-refractivity contribution in [1.82, 2.24) is 25.5 Å². The first kappa shape index (κ1) is 18.2. The summed E-state index contributed by atoms with van der Waals surface area (Å²) in [7, 11) is 0. The normalized spacial score (nSPS) is 15.9. The van der Waals surface area contributed by atoms with Crippen molar-refractivity contribution in [2.75, 3.05) is 19.8 Å². The molecule has 1 saturated heterocycles. The summed E-state index contributed by atoms with van der Waals surface area (Å²) < 4.78 is 20.8. The first-order valence-corrected chi connectivity index (χ1v) is 9.12. The predicted molar refractivity (Wildman–Crippen MR) is 99.6 cm³/mol. The quantitative estimate of drug-likeness (QED) is 0.733. The molecule has 4 rings (SSSR count). The maximum absolute atomic E-state index is 13.8. The molecule has 1 fully saturated rings. The molecule has 1 aliphatic rings. The first-order chi connectivity index (χ1) is 13.7. The van der Waals surface area contributed by atoms with E-state index in [1.165, 1.54) is 17.1 Å². The fourth-order valence-electron chi connectivity index (χ4n) is 3.57. The summed E-state index contributed by atoms with van der Waals surface area (Å²) in [6, 6.07) is 13.7. The number of carbonyl (C=O) groups excluding carboxylic acids is 1. The zero-order valence-electron chi connectivity index (χ0n) is 15.2. The monoisotopic (exact) mass is 381 g/mol. The highest BCUT2D eigenvalue weighted by molar-refractivity contribution is 5.94. The number of amides is 1. The van der Waals surface area contributed by atoms with E-state index in [4.69, 9.17) is 4.74 Å². The molecule has 8 heteroatoms. The van der Waals surface area contributed by atoms with Crippen LogP contribution in [0.5, 0.6) is 0 Å². The molecule has 7 nitrogen and oxygen atoms in total. The number of hydrogen-bond donors (Lipinski definition) is 1. The molecule has 0 radical (unpaired) electrons. The Kier molecular flexibility index (Phi) is 5.12. The summed E-state index contributed by atoms with van der Waals surface area (Å²) in [6.45, 7) is 1.58. The maximum atomic E-state index is 13.8. The summed E-state index contributed by atoms with van der Waals surface area (Å²) in [5, 5.41) is 14.1. The van der Waals surface area contributed by atoms with Gasteiger partial charge in [-0.25, -0.2) is 9.07 Å². The maximum Gasteiger partial charge on any atom is 0.251 e. The molecule has 0 bridgehead atoms. The molecule has 1 amide bonds. The third-order valence-electron chi connectivity index (χ3n) is 5.20. The Labute approximate surface area is 161 Å². The Balaban J connectivity index is 1.53. The van der Waals surface area contributed by atoms with Crippen molar-refractivity contribution in [3.8, 4) is 5.69 Å². The molecule has 0 spiro atoms. The van der Waals surface area contributed by atoms with Crippen LogP contribution in [-0.4, -0.2) is 45.9 Å². The number of benzene rings is 2. The SMILES string of the molecule is O=C(NCC1(c2cccc(F)c2)CCOCC1)c1cccc(-n2cnnn2)c1. The fourth-order valence-corrected chi connectivity index (χ4v) is 3.57. The summed E-state index contributed by atoms with van der Waals surface area (Å²) in [5.41, 5.74) is 1.75. The van der Waals surface area contributed by atoms with Crippen molar-refractivity contribution in [1.29, 1.82) is 0 Å². The van der Waals surface area contributed by atoms with Crippen molar-refractivity contribution in [2.45, 2.75) is 18.3 Å². The molecule has 2 heterocycles. The average Bonchev–Trinajstić information content (AvgIpc) is 3.28. The second-order valence-electron chi connectivity index (χ2n) is 6.89. The van der Waals surface area contributed by atoms with Gasteiger partial charge in [-0.3, -0.25) is 4.79 Å². The molecule has 1 aromatic heterocycles. The van der Waals surface area contributed by atoms with E-state index in [1.807, 2.05) is 12.1 Å². The minimum absolute atomic E-state index is 0.197. The number of tetrazole rings is 1. The number of nitrogens with one attached hydrogen (secondary N) is 1. The van der Waals surface area contributed by atoms with Crippen LogP contribution >= 0.6 is 0 Å². The Morgan fingerprint density at radius 2 is 2.00 bits per heavy atom. The topological polar surface area (TPSA) is 81.9 Å². The van der Waals surface area contributed by atoms with Gasteiger partial charge in [0.2, 0.25) is 0 Å². The number of nitrogens with zero attached hydrogens (tertiary/aromatic N) is 4. The number of rotatable bonds is 5. The number of halogens is 1. The molecule has 1 aliphatic heterocycles. The van der Waals surface area contributed by atoms with Crippen molar-refractivity contribution >= 4 is 5.91 Å². The van der Waals surface area contributed by atoms with Crippen LogP contribution in [0.4, 0.5) is 4.39 Å². The van der Waals surface area contributed by atoms with Crippen LogP contribution in [0, 0.1) is 5.82 Å². The molecule has 0 saturated carbocycles. The number of aromatic nitrogens is 4. The molecule has 144 valence electrons. The lowest BCUT2D eigenvalue weighted by atomic mass is 9.74. The van der Waals surface area contributed by atoms with Crippen molar-refractivity contribution in [3.05, 3.63) is 71.8 Å². The van der Waals surface area contributed by atoms with Gasteiger partial charge >= 0.3 is 0 Å². The van der Waals surface area contributed by atoms with E-state index in [0.717, 1.165) is 18.4 Å². The van der Waals surface area contributed by atoms with E-state index in [9.17, 15) is 9.18 Å². The van der Waals surface area contributed by atoms with Crippen molar-refractivity contribution in [2.24, 2.45) is 0 Å². The fraction of sp³-hybridized carbons (Fsp3) is 0.300. The van der Waals surface area contributed by atoms with E-state index < -0.39 is 0 Å². The molecule has 3 aromatic rings. The van der Waals surface area contributed by atoms with Crippen molar-refractivity contribution in [3.63, 3.8) is 0 Å². The Bertz CT molecular complexity index is 955. The van der Waals surface area contributed by atoms with Gasteiger partial charge in [0.15, 0.2) is 0 Å². The molecule has 0 atom stereocenters. The van der Waals surface area contributed by atoms with E-state index in [-0.39, 0.29) is 17.1 Å². The lowest BCUT2D eigenvalue weighted by molar-refractivity contribution is 0.0486. The molecule has 28 heavy (non-hydrogen) atoms. The summed E-state index contributed by atoms with van der Waals surface area (Å²) in [6.07, 6.45) is 2.92. The molecule has 0 unspecified atom stereocenters. The van der Waals surface area contributed by atoms with Gasteiger partial charge in [-0.15, -0.1) is 5.10 Å². The Morgan fingerprint density at radius 3 is 2.75 bits per heavy atom. The highest BCUT2D eigenvalue weighted by atomic mass is 19.1. The van der Waals surface area contributed by atoms with Gasteiger partial charge in [0.1, 0.15) is 12.1 Å². The van der Waals surface area contributed by atoms with E-state index in [1.54, 1.807) is 30.3 Å². The largest absolute Gasteiger partial charge is 0.381 e. The lowest BCUT2D eigenvalue weighted by Crippen LogP contribution is -2.44. The van der Waals surface area contributed by atoms with E-state index in [2.05, 4.69) is 20.8 Å². The van der Waals surface area contributed by atoms with Gasteiger partial charge in [0.25, 0.3) is 5.91 Å². The van der Waals surface area contributed by atoms with Gasteiger partial charge in [0.05, 0.1) is 5.69 Å². The smallest absolute Gasteiger partial charge is 0.251 e. The van der Waals surface area contributed by atoms with Crippen LogP contribution in [0.2, 0.25) is 0 Å². The molecule has 0 aliphatic carbocycles. The summed E-state index contributed by atoms with van der Waals surface area (Å²) in [4.78, 5) is 12.8. The van der Waals surface area contributed by atoms with Crippen LogP contribution in [0.3, 0.4) is 0 Å². The first-order valence-electron chi connectivity index (χ1n) is 9.12. The van der Waals surface area contributed by atoms with Crippen LogP contribution in [0.15, 0.2) is 54.9 Å². The van der Waals surface area contributed by atoms with Crippen LogP contribution in [0.25, 0.3) is 5.69 Å². The van der Waals surface area contributed by atoms with Gasteiger partial charge in [-0.2, -0.15) is 0 Å². The average molecular weight is 381 g/mol. The standard InChI is InChI=1S/C20H20FN5O2/c21-17-5-2-4-16(12-17)20(7-9-28-10-8-20)13-22-19(27)15-3-1-6-18(11-15)26-14-23-24-25-26/h1-6,11-12,14H,7-10,13H2,(H,22,27). The summed E-state index contributed by atoms with van der Waals surface area (Å²) in [5.74, 6) is -0.471. The van der Waals surface area contributed by atoms with E-state index >= 15 is 0 Å². The minimum Gasteiger partial charge on any atom is -0.381 e. The molecule has 2 aromatic carbocycles. The van der Waals surface area contributed by atoms with E-state index in [0.29, 0.717) is 31.0 Å². The third kappa shape index (κ3) is 3.77. The predicted octanol–water partition coefficient (Wildman–Crippen LogP) is 2.28. The zero-order valence-corrected chi connectivity index (χ0v) is 15.2. The molecular weight excluding hydrogens is 361 g/mol. The van der Waals surface area contributed by atoms with Crippen molar-refractivity contribution < 1.29 is 13.9 Å². The van der Waals surface area contributed by atoms with Gasteiger partial charge in [-0.05, 0) is 59.2 Å². The van der Waals surface area contributed by atoms with Crippen LogP contribution < -0.4 is 5.32 Å². The second kappa shape index (κ2) is 7.85. The Morgan fingerprint density at radius 1 is 1.18 bits per heavy atom. The Hall–Kier alpha value is -3.13.